The van der Waals surface area contributed by atoms with Crippen LogP contribution in [0.15, 0.2) is 45.3 Å². The van der Waals surface area contributed by atoms with Gasteiger partial charge in [0.1, 0.15) is 12.4 Å². The Balaban J connectivity index is 1.79. The number of halogens is 2. The van der Waals surface area contributed by atoms with Crippen LogP contribution in [0.1, 0.15) is 5.56 Å². The minimum absolute atomic E-state index is 0.274. The van der Waals surface area contributed by atoms with E-state index in [1.54, 1.807) is 0 Å². The third-order valence-corrected chi connectivity index (χ3v) is 4.15. The van der Waals surface area contributed by atoms with E-state index in [0.717, 1.165) is 31.8 Å². The van der Waals surface area contributed by atoms with Crippen molar-refractivity contribution in [2.45, 2.75) is 6.61 Å². The lowest BCUT2D eigenvalue weighted by Gasteiger charge is -2.10. The number of ether oxygens (including phenoxy) is 3. The largest absolute Gasteiger partial charge is 0.488 e. The molecule has 1 aliphatic rings. The molecule has 1 heterocycles. The Morgan fingerprint density at radius 1 is 1.00 bits per heavy atom. The van der Waals surface area contributed by atoms with Gasteiger partial charge in [-0.25, -0.2) is 0 Å². The van der Waals surface area contributed by atoms with Crippen LogP contribution < -0.4 is 14.2 Å². The molecule has 0 bridgehead atoms. The summed E-state index contributed by atoms with van der Waals surface area (Å²) >= 11 is 6.97. The Labute approximate surface area is 127 Å². The second kappa shape index (κ2) is 5.43. The first-order valence-corrected chi connectivity index (χ1v) is 7.28. The van der Waals surface area contributed by atoms with Gasteiger partial charge in [-0.1, -0.05) is 28.1 Å². The molecule has 2 aromatic carbocycles. The lowest BCUT2D eigenvalue weighted by Crippen LogP contribution is -1.97. The van der Waals surface area contributed by atoms with Crippen LogP contribution >= 0.6 is 31.9 Å². The summed E-state index contributed by atoms with van der Waals surface area (Å²) in [5.41, 5.74) is 1.01. The fourth-order valence-corrected chi connectivity index (χ4v) is 2.62. The van der Waals surface area contributed by atoms with E-state index >= 15 is 0 Å². The van der Waals surface area contributed by atoms with E-state index in [0.29, 0.717) is 6.61 Å². The second-order valence-electron chi connectivity index (χ2n) is 4.02. The van der Waals surface area contributed by atoms with Gasteiger partial charge < -0.3 is 14.2 Å². The van der Waals surface area contributed by atoms with Gasteiger partial charge in [0.2, 0.25) is 6.79 Å². The summed E-state index contributed by atoms with van der Waals surface area (Å²) in [6, 6.07) is 11.6. The number of para-hydroxylation sites is 1. The average Bonchev–Trinajstić information content (AvgIpc) is 2.84. The molecule has 1 aliphatic heterocycles. The first kappa shape index (κ1) is 12.8. The van der Waals surface area contributed by atoms with Crippen molar-refractivity contribution in [3.8, 4) is 17.2 Å². The lowest BCUT2D eigenvalue weighted by atomic mass is 10.2. The maximum atomic E-state index is 5.79. The number of benzene rings is 2. The van der Waals surface area contributed by atoms with Crippen molar-refractivity contribution in [1.82, 2.24) is 0 Å². The molecule has 0 saturated carbocycles. The van der Waals surface area contributed by atoms with Crippen molar-refractivity contribution >= 4 is 31.9 Å². The van der Waals surface area contributed by atoms with E-state index in [9.17, 15) is 0 Å². The molecule has 0 spiro atoms. The van der Waals surface area contributed by atoms with Gasteiger partial charge in [0, 0.05) is 10.0 Å². The lowest BCUT2D eigenvalue weighted by molar-refractivity contribution is 0.174. The van der Waals surface area contributed by atoms with Crippen LogP contribution in [0, 0.1) is 0 Å². The van der Waals surface area contributed by atoms with Crippen LogP contribution in [0.5, 0.6) is 17.2 Å². The van der Waals surface area contributed by atoms with Crippen molar-refractivity contribution in [3.63, 3.8) is 0 Å². The predicted molar refractivity (Wildman–Crippen MR) is 78.7 cm³/mol. The summed E-state index contributed by atoms with van der Waals surface area (Å²) in [5.74, 6) is 2.33. The Morgan fingerprint density at radius 2 is 1.74 bits per heavy atom. The highest BCUT2D eigenvalue weighted by Gasteiger charge is 2.16. The summed E-state index contributed by atoms with van der Waals surface area (Å²) in [5, 5.41) is 0. The molecule has 5 heteroatoms. The third kappa shape index (κ3) is 2.72. The van der Waals surface area contributed by atoms with Gasteiger partial charge in [-0.2, -0.15) is 0 Å². The Morgan fingerprint density at radius 3 is 2.53 bits per heavy atom. The third-order valence-electron chi connectivity index (χ3n) is 2.76. The molecule has 0 unspecified atom stereocenters. The van der Waals surface area contributed by atoms with Crippen LogP contribution in [0.2, 0.25) is 0 Å². The molecule has 0 radical (unpaired) electrons. The quantitative estimate of drug-likeness (QED) is 0.777. The molecule has 0 amide bonds. The molecule has 0 fully saturated rings. The SMILES string of the molecule is Brc1cc2c(cc1COc1ccccc1Br)OCO2. The molecule has 0 aliphatic carbocycles. The molecular formula is C14H10Br2O3. The minimum Gasteiger partial charge on any atom is -0.488 e. The predicted octanol–water partition coefficient (Wildman–Crippen LogP) is 4.52. The molecular weight excluding hydrogens is 376 g/mol. The summed E-state index contributed by atoms with van der Waals surface area (Å²) in [4.78, 5) is 0. The zero-order valence-electron chi connectivity index (χ0n) is 9.86. The van der Waals surface area contributed by atoms with Crippen molar-refractivity contribution < 1.29 is 14.2 Å². The zero-order chi connectivity index (χ0) is 13.2. The monoisotopic (exact) mass is 384 g/mol. The second-order valence-corrected chi connectivity index (χ2v) is 5.72. The van der Waals surface area contributed by atoms with Crippen molar-refractivity contribution in [1.29, 1.82) is 0 Å². The number of rotatable bonds is 3. The van der Waals surface area contributed by atoms with E-state index in [1.165, 1.54) is 0 Å². The Bertz CT molecular complexity index is 614. The fraction of sp³-hybridized carbons (Fsp3) is 0.143. The van der Waals surface area contributed by atoms with Gasteiger partial charge in [-0.05, 0) is 40.2 Å². The maximum absolute atomic E-state index is 5.79. The van der Waals surface area contributed by atoms with Crippen LogP contribution in [0.25, 0.3) is 0 Å². The summed E-state index contributed by atoms with van der Waals surface area (Å²) in [6.45, 7) is 0.732. The van der Waals surface area contributed by atoms with Gasteiger partial charge in [-0.3, -0.25) is 0 Å². The van der Waals surface area contributed by atoms with Crippen LogP contribution in [0.3, 0.4) is 0 Å². The van der Waals surface area contributed by atoms with Crippen LogP contribution in [-0.4, -0.2) is 6.79 Å². The van der Waals surface area contributed by atoms with E-state index < -0.39 is 0 Å². The maximum Gasteiger partial charge on any atom is 0.231 e. The molecule has 98 valence electrons. The van der Waals surface area contributed by atoms with Crippen LogP contribution in [0.4, 0.5) is 0 Å². The zero-order valence-corrected chi connectivity index (χ0v) is 13.0. The number of hydrogen-bond acceptors (Lipinski definition) is 3. The minimum atomic E-state index is 0.274. The molecule has 3 rings (SSSR count). The Hall–Kier alpha value is -1.20. The van der Waals surface area contributed by atoms with Gasteiger partial charge in [0.05, 0.1) is 4.47 Å². The topological polar surface area (TPSA) is 27.7 Å². The summed E-state index contributed by atoms with van der Waals surface area (Å²) in [6.07, 6.45) is 0. The molecule has 2 aromatic rings. The first-order valence-electron chi connectivity index (χ1n) is 5.69. The molecule has 0 saturated heterocycles. The van der Waals surface area contributed by atoms with Crippen molar-refractivity contribution in [3.05, 3.63) is 50.9 Å². The molecule has 0 atom stereocenters. The molecule has 0 N–H and O–H groups in total. The van der Waals surface area contributed by atoms with E-state index in [-0.39, 0.29) is 6.79 Å². The van der Waals surface area contributed by atoms with E-state index in [2.05, 4.69) is 31.9 Å². The van der Waals surface area contributed by atoms with E-state index in [1.807, 2.05) is 36.4 Å². The number of hydrogen-bond donors (Lipinski definition) is 0. The highest BCUT2D eigenvalue weighted by molar-refractivity contribution is 9.10. The smallest absolute Gasteiger partial charge is 0.231 e. The average molecular weight is 386 g/mol. The van der Waals surface area contributed by atoms with Gasteiger partial charge in [0.15, 0.2) is 11.5 Å². The van der Waals surface area contributed by atoms with Crippen molar-refractivity contribution in [2.24, 2.45) is 0 Å². The first-order chi connectivity index (χ1) is 9.24. The molecule has 0 aromatic heterocycles. The van der Waals surface area contributed by atoms with Gasteiger partial charge in [0.25, 0.3) is 0 Å². The van der Waals surface area contributed by atoms with E-state index in [4.69, 9.17) is 14.2 Å². The number of fused-ring (bicyclic) bond motifs is 1. The van der Waals surface area contributed by atoms with Crippen LogP contribution in [-0.2, 0) is 6.61 Å². The van der Waals surface area contributed by atoms with Gasteiger partial charge >= 0.3 is 0 Å². The highest BCUT2D eigenvalue weighted by Crippen LogP contribution is 2.37. The van der Waals surface area contributed by atoms with Gasteiger partial charge in [-0.15, -0.1) is 0 Å². The molecule has 19 heavy (non-hydrogen) atoms. The highest BCUT2D eigenvalue weighted by atomic mass is 79.9. The fourth-order valence-electron chi connectivity index (χ4n) is 1.79. The van der Waals surface area contributed by atoms with Crippen molar-refractivity contribution in [2.75, 3.05) is 6.79 Å². The normalized spacial score (nSPS) is 12.5. The summed E-state index contributed by atoms with van der Waals surface area (Å²) < 4.78 is 18.4. The molecule has 3 nitrogen and oxygen atoms in total. The standard InChI is InChI=1S/C14H10Br2O3/c15-10-3-1-2-4-12(10)17-7-9-5-13-14(6-11(9)16)19-8-18-13/h1-6H,7-8H2. The summed E-state index contributed by atoms with van der Waals surface area (Å²) in [7, 11) is 0. The Kier molecular flexibility index (Phi) is 3.66.